The van der Waals surface area contributed by atoms with Gasteiger partial charge in [0.15, 0.2) is 5.52 Å². The first-order chi connectivity index (χ1) is 10.3. The third kappa shape index (κ3) is 5.98. The maximum absolute atomic E-state index is 12.4. The fourth-order valence-electron chi connectivity index (χ4n) is 2.03. The molecule has 118 valence electrons. The number of carbonyl (C=O) groups is 1. The Morgan fingerprint density at radius 3 is 2.35 bits per heavy atom. The van der Waals surface area contributed by atoms with Gasteiger partial charge in [0.05, 0.1) is 5.02 Å². The van der Waals surface area contributed by atoms with Crippen molar-refractivity contribution in [1.29, 1.82) is 0 Å². The molecule has 0 aliphatic carbocycles. The van der Waals surface area contributed by atoms with Gasteiger partial charge in [-0.15, -0.1) is 0 Å². The number of hydrogen-bond donors (Lipinski definition) is 0. The van der Waals surface area contributed by atoms with Crippen LogP contribution in [0.25, 0.3) is 0 Å². The molecule has 0 fully saturated rings. The summed E-state index contributed by atoms with van der Waals surface area (Å²) in [4.78, 5) is 12.4. The molecule has 0 aliphatic rings. The van der Waals surface area contributed by atoms with Gasteiger partial charge < -0.3 is 4.74 Å². The van der Waals surface area contributed by atoms with Crippen LogP contribution in [0.15, 0.2) is 42.5 Å². The first kappa shape index (κ1) is 20.3. The van der Waals surface area contributed by atoms with Crippen LogP contribution < -0.4 is 10.0 Å². The molecule has 0 aliphatic heterocycles. The standard InChI is InChI=1S/C18H20ClO2P.Li.H/c1-12-7-5-6-8-14(12)17(20)22-16-10-9-13(11-15(16)19)21-18(2,3)4;;/h5-11,22H,1-4H3;;. The fraction of sp³-hybridized carbons (Fsp3) is 0.278. The average Bonchev–Trinajstić information content (AvgIpc) is 2.40. The number of benzene rings is 2. The van der Waals surface area contributed by atoms with Gasteiger partial charge in [-0.3, -0.25) is 4.79 Å². The molecule has 0 saturated heterocycles. The van der Waals surface area contributed by atoms with E-state index in [9.17, 15) is 4.79 Å². The van der Waals surface area contributed by atoms with Crippen molar-refractivity contribution in [3.8, 4) is 5.75 Å². The van der Waals surface area contributed by atoms with E-state index in [1.54, 1.807) is 6.07 Å². The molecule has 0 heterocycles. The molecule has 0 spiro atoms. The second-order valence-electron chi connectivity index (χ2n) is 6.13. The van der Waals surface area contributed by atoms with E-state index in [1.807, 2.05) is 64.1 Å². The summed E-state index contributed by atoms with van der Waals surface area (Å²) >= 11 is 6.30. The number of halogens is 1. The quantitative estimate of drug-likeness (QED) is 0.611. The van der Waals surface area contributed by atoms with E-state index in [4.69, 9.17) is 16.3 Å². The van der Waals surface area contributed by atoms with Gasteiger partial charge in [-0.25, -0.2) is 0 Å². The van der Waals surface area contributed by atoms with E-state index in [-0.39, 0.29) is 38.6 Å². The molecule has 0 N–H and O–H groups in total. The Kier molecular flexibility index (Phi) is 7.37. The van der Waals surface area contributed by atoms with Crippen LogP contribution in [0.3, 0.4) is 0 Å². The average molecular weight is 343 g/mol. The Balaban J connectivity index is 0.00000264. The summed E-state index contributed by atoms with van der Waals surface area (Å²) in [6, 6.07) is 13.1. The molecule has 2 rings (SSSR count). The van der Waals surface area contributed by atoms with Crippen LogP contribution in [0.4, 0.5) is 0 Å². The third-order valence-corrected chi connectivity index (χ3v) is 4.68. The first-order valence-corrected chi connectivity index (χ1v) is 8.49. The predicted molar refractivity (Wildman–Crippen MR) is 102 cm³/mol. The molecular weight excluding hydrogens is 322 g/mol. The Morgan fingerprint density at radius 1 is 1.13 bits per heavy atom. The van der Waals surface area contributed by atoms with E-state index >= 15 is 0 Å². The summed E-state index contributed by atoms with van der Waals surface area (Å²) in [6.45, 7) is 7.90. The van der Waals surface area contributed by atoms with Gasteiger partial charge in [-0.1, -0.05) is 35.9 Å². The molecule has 0 radical (unpaired) electrons. The van der Waals surface area contributed by atoms with Crippen LogP contribution in [-0.2, 0) is 0 Å². The monoisotopic (exact) mass is 342 g/mol. The molecule has 1 unspecified atom stereocenters. The van der Waals surface area contributed by atoms with Crippen molar-refractivity contribution < 1.29 is 9.53 Å². The molecule has 23 heavy (non-hydrogen) atoms. The van der Waals surface area contributed by atoms with Crippen molar-refractivity contribution in [2.45, 2.75) is 33.3 Å². The molecular formula is C18H21ClLiO2P. The van der Waals surface area contributed by atoms with Gasteiger partial charge in [0.2, 0.25) is 0 Å². The van der Waals surface area contributed by atoms with Crippen LogP contribution in [0, 0.1) is 6.92 Å². The number of aryl methyl sites for hydroxylation is 1. The molecule has 2 aromatic carbocycles. The maximum atomic E-state index is 12.4. The molecule has 0 aromatic heterocycles. The number of carbonyl (C=O) groups excluding carboxylic acids is 1. The second-order valence-corrected chi connectivity index (χ2v) is 7.78. The fourth-order valence-corrected chi connectivity index (χ4v) is 3.36. The normalized spacial score (nSPS) is 11.3. The molecule has 1 atom stereocenters. The van der Waals surface area contributed by atoms with Gasteiger partial charge in [0, 0.05) is 5.56 Å². The van der Waals surface area contributed by atoms with Gasteiger partial charge in [-0.2, -0.15) is 0 Å². The van der Waals surface area contributed by atoms with Crippen molar-refractivity contribution in [2.24, 2.45) is 0 Å². The summed E-state index contributed by atoms with van der Waals surface area (Å²) in [5.74, 6) is 0.717. The second kappa shape index (κ2) is 8.36. The molecule has 2 nitrogen and oxygen atoms in total. The van der Waals surface area contributed by atoms with Gasteiger partial charge in [0.1, 0.15) is 11.4 Å². The Bertz CT molecular complexity index is 696. The van der Waals surface area contributed by atoms with Gasteiger partial charge in [-0.05, 0) is 65.3 Å². The molecule has 0 bridgehead atoms. The van der Waals surface area contributed by atoms with Crippen molar-refractivity contribution >= 4 is 49.9 Å². The third-order valence-electron chi connectivity index (χ3n) is 3.00. The zero-order valence-corrected chi connectivity index (χ0v) is 15.0. The van der Waals surface area contributed by atoms with Crippen LogP contribution in [0.2, 0.25) is 5.02 Å². The summed E-state index contributed by atoms with van der Waals surface area (Å²) < 4.78 is 5.78. The molecule has 0 saturated carbocycles. The molecule has 0 amide bonds. The summed E-state index contributed by atoms with van der Waals surface area (Å²) in [5.41, 5.74) is 1.57. The van der Waals surface area contributed by atoms with Crippen LogP contribution in [0.5, 0.6) is 5.75 Å². The topological polar surface area (TPSA) is 26.3 Å². The summed E-state index contributed by atoms with van der Waals surface area (Å²) in [5, 5.41) is 1.41. The van der Waals surface area contributed by atoms with Crippen molar-refractivity contribution in [2.75, 3.05) is 0 Å². The Morgan fingerprint density at radius 2 is 1.78 bits per heavy atom. The number of hydrogen-bond acceptors (Lipinski definition) is 2. The summed E-state index contributed by atoms with van der Waals surface area (Å²) in [7, 11) is 0.00896. The predicted octanol–water partition coefficient (Wildman–Crippen LogP) is 4.32. The van der Waals surface area contributed by atoms with Gasteiger partial charge in [0.25, 0.3) is 0 Å². The Labute approximate surface area is 156 Å². The van der Waals surface area contributed by atoms with Crippen LogP contribution >= 0.6 is 20.2 Å². The Hall–Kier alpha value is -0.773. The number of rotatable bonds is 4. The van der Waals surface area contributed by atoms with E-state index in [0.717, 1.165) is 22.2 Å². The minimum absolute atomic E-state index is 0. The minimum atomic E-state index is -0.274. The van der Waals surface area contributed by atoms with Crippen LogP contribution in [-0.4, -0.2) is 30.0 Å². The summed E-state index contributed by atoms with van der Waals surface area (Å²) in [6.07, 6.45) is 0. The van der Waals surface area contributed by atoms with Crippen molar-refractivity contribution in [1.82, 2.24) is 0 Å². The molecule has 5 heteroatoms. The zero-order chi connectivity index (χ0) is 16.3. The van der Waals surface area contributed by atoms with E-state index in [2.05, 4.69) is 0 Å². The van der Waals surface area contributed by atoms with E-state index in [1.165, 1.54) is 0 Å². The first-order valence-electron chi connectivity index (χ1n) is 7.12. The van der Waals surface area contributed by atoms with Gasteiger partial charge >= 0.3 is 18.9 Å². The van der Waals surface area contributed by atoms with Crippen LogP contribution in [0.1, 0.15) is 36.7 Å². The molecule has 2 aromatic rings. The van der Waals surface area contributed by atoms with E-state index in [0.29, 0.717) is 5.02 Å². The SMILES string of the molecule is Cc1ccccc1C(=O)Pc1ccc(OC(C)(C)C)cc1Cl.[LiH]. The van der Waals surface area contributed by atoms with Crippen molar-refractivity contribution in [3.63, 3.8) is 0 Å². The zero-order valence-electron chi connectivity index (χ0n) is 13.2. The number of ether oxygens (including phenoxy) is 1. The van der Waals surface area contributed by atoms with E-state index < -0.39 is 0 Å². The van der Waals surface area contributed by atoms with Crippen molar-refractivity contribution in [3.05, 3.63) is 58.6 Å².